The minimum absolute atomic E-state index is 0.166. The Labute approximate surface area is 185 Å². The lowest BCUT2D eigenvalue weighted by Gasteiger charge is -2.25. The molecule has 1 N–H and O–H groups in total. The Bertz CT molecular complexity index is 1040. The van der Waals surface area contributed by atoms with Gasteiger partial charge in [-0.1, -0.05) is 36.7 Å². The van der Waals surface area contributed by atoms with Gasteiger partial charge in [-0.15, -0.1) is 0 Å². The quantitative estimate of drug-likeness (QED) is 0.393. The van der Waals surface area contributed by atoms with Crippen LogP contribution in [0.4, 0.5) is 17.1 Å². The molecule has 3 atom stereocenters. The van der Waals surface area contributed by atoms with Crippen LogP contribution in [-0.4, -0.2) is 23.3 Å². The smallest absolute Gasteiger partial charge is 0.294 e. The largest absolute Gasteiger partial charge is 0.379 e. The van der Waals surface area contributed by atoms with Crippen LogP contribution in [0.1, 0.15) is 31.7 Å². The number of amides is 2. The van der Waals surface area contributed by atoms with Crippen LogP contribution < -0.4 is 10.2 Å². The van der Waals surface area contributed by atoms with E-state index in [-0.39, 0.29) is 35.0 Å². The molecular formula is C23H24ClN3O4. The van der Waals surface area contributed by atoms with E-state index in [1.54, 1.807) is 18.2 Å². The molecule has 0 aromatic heterocycles. The Morgan fingerprint density at radius 2 is 1.87 bits per heavy atom. The Morgan fingerprint density at radius 1 is 1.13 bits per heavy atom. The third-order valence-electron chi connectivity index (χ3n) is 6.29. The minimum Gasteiger partial charge on any atom is -0.379 e. The van der Waals surface area contributed by atoms with Crippen LogP contribution in [0.25, 0.3) is 0 Å². The van der Waals surface area contributed by atoms with Crippen molar-refractivity contribution in [1.82, 2.24) is 0 Å². The van der Waals surface area contributed by atoms with Gasteiger partial charge in [-0.25, -0.2) is 4.90 Å². The number of fused-ring (bicyclic) bond motifs is 1. The van der Waals surface area contributed by atoms with Gasteiger partial charge >= 0.3 is 0 Å². The van der Waals surface area contributed by atoms with Crippen LogP contribution in [0.5, 0.6) is 0 Å². The standard InChI is InChI=1S/C23H24ClN3O4/c1-14-6-8-17-18(12-14)23(29)26(22(17)28)16-7-9-20(21(13-16)27(30)31)25-11-10-15-4-2-3-5-19(15)24/h2-5,7,9,13-14,17-18,25H,6,8,10-12H2,1H3/t14-,17+,18+/m1/s1. The zero-order valence-corrected chi connectivity index (χ0v) is 18.0. The molecule has 2 amide bonds. The summed E-state index contributed by atoms with van der Waals surface area (Å²) in [5.74, 6) is -0.706. The highest BCUT2D eigenvalue weighted by Crippen LogP contribution is 2.43. The SMILES string of the molecule is C[C@@H]1CC[C@@H]2C(=O)N(c3ccc(NCCc4ccccc4Cl)c([N+](=O)[O-])c3)C(=O)[C@H]2C1. The molecule has 2 aromatic carbocycles. The number of nitro benzene ring substituents is 1. The van der Waals surface area contributed by atoms with Gasteiger partial charge in [0.1, 0.15) is 5.69 Å². The molecule has 31 heavy (non-hydrogen) atoms. The second kappa shape index (κ2) is 8.67. The zero-order chi connectivity index (χ0) is 22.1. The highest BCUT2D eigenvalue weighted by Gasteiger charge is 2.50. The first-order valence-corrected chi connectivity index (χ1v) is 10.9. The summed E-state index contributed by atoms with van der Waals surface area (Å²) in [6.07, 6.45) is 2.90. The minimum atomic E-state index is -0.499. The van der Waals surface area contributed by atoms with Crippen molar-refractivity contribution >= 4 is 40.5 Å². The summed E-state index contributed by atoms with van der Waals surface area (Å²) in [6, 6.07) is 11.9. The number of nitrogens with one attached hydrogen (secondary N) is 1. The molecule has 2 aromatic rings. The molecule has 0 radical (unpaired) electrons. The summed E-state index contributed by atoms with van der Waals surface area (Å²) < 4.78 is 0. The Balaban J connectivity index is 1.53. The summed E-state index contributed by atoms with van der Waals surface area (Å²) in [5.41, 5.74) is 1.38. The van der Waals surface area contributed by atoms with E-state index < -0.39 is 4.92 Å². The Hall–Kier alpha value is -2.93. The fourth-order valence-corrected chi connectivity index (χ4v) is 4.87. The third kappa shape index (κ3) is 4.14. The highest BCUT2D eigenvalue weighted by atomic mass is 35.5. The normalized spacial score (nSPS) is 23.0. The maximum atomic E-state index is 12.9. The van der Waals surface area contributed by atoms with E-state index >= 15 is 0 Å². The van der Waals surface area contributed by atoms with E-state index in [1.165, 1.54) is 6.07 Å². The van der Waals surface area contributed by atoms with E-state index in [4.69, 9.17) is 11.6 Å². The maximum Gasteiger partial charge on any atom is 0.294 e. The number of carbonyl (C=O) groups is 2. The molecular weight excluding hydrogens is 418 g/mol. The number of hydrogen-bond donors (Lipinski definition) is 1. The van der Waals surface area contributed by atoms with E-state index in [0.29, 0.717) is 42.4 Å². The van der Waals surface area contributed by atoms with Crippen molar-refractivity contribution in [2.24, 2.45) is 17.8 Å². The number of imide groups is 1. The molecule has 0 spiro atoms. The number of nitro groups is 1. The molecule has 0 unspecified atom stereocenters. The number of halogens is 1. The maximum absolute atomic E-state index is 12.9. The van der Waals surface area contributed by atoms with Crippen molar-refractivity contribution < 1.29 is 14.5 Å². The molecule has 162 valence electrons. The summed E-state index contributed by atoms with van der Waals surface area (Å²) in [7, 11) is 0. The van der Waals surface area contributed by atoms with Crippen molar-refractivity contribution in [3.8, 4) is 0 Å². The van der Waals surface area contributed by atoms with Gasteiger partial charge in [0.15, 0.2) is 0 Å². The lowest BCUT2D eigenvalue weighted by molar-refractivity contribution is -0.383. The van der Waals surface area contributed by atoms with Crippen molar-refractivity contribution in [2.75, 3.05) is 16.8 Å². The first-order valence-electron chi connectivity index (χ1n) is 10.5. The molecule has 1 saturated heterocycles. The lowest BCUT2D eigenvalue weighted by atomic mass is 9.76. The zero-order valence-electron chi connectivity index (χ0n) is 17.2. The molecule has 7 nitrogen and oxygen atoms in total. The number of carbonyl (C=O) groups excluding carboxylic acids is 2. The predicted octanol–water partition coefficient (Wildman–Crippen LogP) is 4.83. The second-order valence-electron chi connectivity index (χ2n) is 8.37. The molecule has 1 heterocycles. The summed E-state index contributed by atoms with van der Waals surface area (Å²) in [4.78, 5) is 38.2. The third-order valence-corrected chi connectivity index (χ3v) is 6.66. The number of nitrogens with zero attached hydrogens (tertiary/aromatic N) is 2. The molecule has 1 saturated carbocycles. The second-order valence-corrected chi connectivity index (χ2v) is 8.78. The van der Waals surface area contributed by atoms with Crippen LogP contribution >= 0.6 is 11.6 Å². The molecule has 1 aliphatic carbocycles. The Kier molecular flexibility index (Phi) is 5.96. The molecule has 0 bridgehead atoms. The van der Waals surface area contributed by atoms with E-state index in [9.17, 15) is 19.7 Å². The van der Waals surface area contributed by atoms with Gasteiger partial charge in [-0.3, -0.25) is 19.7 Å². The first-order chi connectivity index (χ1) is 14.9. The fourth-order valence-electron chi connectivity index (χ4n) is 4.64. The van der Waals surface area contributed by atoms with Gasteiger partial charge in [0.05, 0.1) is 22.4 Å². The van der Waals surface area contributed by atoms with Crippen LogP contribution in [0.3, 0.4) is 0 Å². The monoisotopic (exact) mass is 441 g/mol. The topological polar surface area (TPSA) is 92.6 Å². The molecule has 8 heteroatoms. The van der Waals surface area contributed by atoms with Gasteiger partial charge in [-0.05, 0) is 55.4 Å². The molecule has 4 rings (SSSR count). The number of anilines is 2. The van der Waals surface area contributed by atoms with Gasteiger partial charge in [0.25, 0.3) is 5.69 Å². The van der Waals surface area contributed by atoms with E-state index in [1.807, 2.05) is 18.2 Å². The average molecular weight is 442 g/mol. The van der Waals surface area contributed by atoms with Crippen molar-refractivity contribution in [3.05, 3.63) is 63.2 Å². The van der Waals surface area contributed by atoms with Gasteiger partial charge in [0, 0.05) is 17.6 Å². The highest BCUT2D eigenvalue weighted by molar-refractivity contribution is 6.31. The van der Waals surface area contributed by atoms with Crippen molar-refractivity contribution in [3.63, 3.8) is 0 Å². The van der Waals surface area contributed by atoms with E-state index in [2.05, 4.69) is 12.2 Å². The molecule has 2 fully saturated rings. The average Bonchev–Trinajstić information content (AvgIpc) is 2.99. The van der Waals surface area contributed by atoms with Gasteiger partial charge < -0.3 is 5.32 Å². The van der Waals surface area contributed by atoms with Crippen LogP contribution in [0, 0.1) is 27.9 Å². The summed E-state index contributed by atoms with van der Waals surface area (Å²) >= 11 is 6.16. The van der Waals surface area contributed by atoms with Gasteiger partial charge in [-0.2, -0.15) is 0 Å². The summed E-state index contributed by atoms with van der Waals surface area (Å²) in [5, 5.41) is 15.4. The number of hydrogen-bond acceptors (Lipinski definition) is 5. The van der Waals surface area contributed by atoms with Crippen LogP contribution in [0.2, 0.25) is 5.02 Å². The number of rotatable bonds is 6. The van der Waals surface area contributed by atoms with E-state index in [0.717, 1.165) is 16.9 Å². The summed E-state index contributed by atoms with van der Waals surface area (Å²) in [6.45, 7) is 2.54. The van der Waals surface area contributed by atoms with Gasteiger partial charge in [0.2, 0.25) is 11.8 Å². The Morgan fingerprint density at radius 3 is 2.61 bits per heavy atom. The van der Waals surface area contributed by atoms with Crippen LogP contribution in [-0.2, 0) is 16.0 Å². The first kappa shape index (κ1) is 21.3. The predicted molar refractivity (Wildman–Crippen MR) is 119 cm³/mol. The number of benzene rings is 2. The van der Waals surface area contributed by atoms with Crippen molar-refractivity contribution in [2.45, 2.75) is 32.6 Å². The fraction of sp³-hybridized carbons (Fsp3) is 0.391. The lowest BCUT2D eigenvalue weighted by Crippen LogP contribution is -2.31. The van der Waals surface area contributed by atoms with Crippen molar-refractivity contribution in [1.29, 1.82) is 0 Å². The molecule has 1 aliphatic heterocycles. The van der Waals surface area contributed by atoms with Crippen LogP contribution in [0.15, 0.2) is 42.5 Å². The molecule has 2 aliphatic rings.